The molecule has 126 valence electrons. The van der Waals surface area contributed by atoms with Crippen LogP contribution in [0.4, 0.5) is 0 Å². The van der Waals surface area contributed by atoms with E-state index in [0.717, 1.165) is 6.54 Å². The SMILES string of the molecule is O=C(CCS(=O)(=O)c1ccccc1)N1CC2CNCC2(CO)C1. The fourth-order valence-electron chi connectivity index (χ4n) is 3.56. The van der Waals surface area contributed by atoms with Crippen LogP contribution in [0.2, 0.25) is 0 Å². The van der Waals surface area contributed by atoms with Gasteiger partial charge in [0.2, 0.25) is 5.91 Å². The number of sulfone groups is 1. The Bertz CT molecular complexity index is 677. The minimum Gasteiger partial charge on any atom is -0.396 e. The van der Waals surface area contributed by atoms with Gasteiger partial charge in [0.25, 0.3) is 0 Å². The van der Waals surface area contributed by atoms with Gasteiger partial charge in [-0.3, -0.25) is 4.79 Å². The van der Waals surface area contributed by atoms with E-state index in [4.69, 9.17) is 0 Å². The van der Waals surface area contributed by atoms with Crippen LogP contribution in [0.1, 0.15) is 6.42 Å². The summed E-state index contributed by atoms with van der Waals surface area (Å²) in [6, 6.07) is 8.21. The zero-order valence-electron chi connectivity index (χ0n) is 12.9. The van der Waals surface area contributed by atoms with E-state index in [2.05, 4.69) is 5.32 Å². The number of aliphatic hydroxyl groups is 1. The second-order valence-corrected chi connectivity index (χ2v) is 8.61. The van der Waals surface area contributed by atoms with Crippen molar-refractivity contribution in [1.29, 1.82) is 0 Å². The van der Waals surface area contributed by atoms with E-state index in [9.17, 15) is 18.3 Å². The Morgan fingerprint density at radius 2 is 2.09 bits per heavy atom. The lowest BCUT2D eigenvalue weighted by Crippen LogP contribution is -2.38. The fraction of sp³-hybridized carbons (Fsp3) is 0.562. The van der Waals surface area contributed by atoms with Crippen LogP contribution in [0.15, 0.2) is 35.2 Å². The van der Waals surface area contributed by atoms with Gasteiger partial charge in [0, 0.05) is 38.0 Å². The molecule has 2 saturated heterocycles. The van der Waals surface area contributed by atoms with Crippen LogP contribution in [0.25, 0.3) is 0 Å². The monoisotopic (exact) mass is 338 g/mol. The van der Waals surface area contributed by atoms with E-state index in [-0.39, 0.29) is 40.9 Å². The van der Waals surface area contributed by atoms with Crippen LogP contribution in [-0.4, -0.2) is 62.9 Å². The van der Waals surface area contributed by atoms with Gasteiger partial charge in [-0.2, -0.15) is 0 Å². The van der Waals surface area contributed by atoms with Gasteiger partial charge in [-0.1, -0.05) is 18.2 Å². The molecule has 2 aliphatic heterocycles. The second-order valence-electron chi connectivity index (χ2n) is 6.50. The number of likely N-dealkylation sites (tertiary alicyclic amines) is 1. The Balaban J connectivity index is 1.61. The lowest BCUT2D eigenvalue weighted by atomic mass is 9.82. The maximum absolute atomic E-state index is 12.4. The topological polar surface area (TPSA) is 86.7 Å². The lowest BCUT2D eigenvalue weighted by Gasteiger charge is -2.25. The third-order valence-corrected chi connectivity index (χ3v) is 6.77. The molecule has 0 spiro atoms. The van der Waals surface area contributed by atoms with Gasteiger partial charge in [-0.25, -0.2) is 8.42 Å². The lowest BCUT2D eigenvalue weighted by molar-refractivity contribution is -0.130. The summed E-state index contributed by atoms with van der Waals surface area (Å²) >= 11 is 0. The predicted octanol–water partition coefficient (Wildman–Crippen LogP) is -0.109. The number of carbonyl (C=O) groups excluding carboxylic acids is 1. The van der Waals surface area contributed by atoms with E-state index in [1.165, 1.54) is 0 Å². The Hall–Kier alpha value is -1.44. The molecule has 1 amide bonds. The van der Waals surface area contributed by atoms with Crippen LogP contribution in [0.3, 0.4) is 0 Å². The number of rotatable bonds is 5. The number of hydrogen-bond acceptors (Lipinski definition) is 5. The first-order valence-corrected chi connectivity index (χ1v) is 9.49. The molecule has 0 radical (unpaired) electrons. The first-order valence-electron chi connectivity index (χ1n) is 7.84. The summed E-state index contributed by atoms with van der Waals surface area (Å²) in [5.74, 6) is -0.0737. The first kappa shape index (κ1) is 16.4. The van der Waals surface area contributed by atoms with Crippen LogP contribution in [-0.2, 0) is 14.6 Å². The third kappa shape index (κ3) is 3.13. The molecule has 0 aliphatic carbocycles. The van der Waals surface area contributed by atoms with Crippen molar-refractivity contribution in [2.24, 2.45) is 11.3 Å². The van der Waals surface area contributed by atoms with Gasteiger partial charge >= 0.3 is 0 Å². The number of hydrogen-bond donors (Lipinski definition) is 2. The molecule has 2 aliphatic rings. The van der Waals surface area contributed by atoms with Gasteiger partial charge in [-0.15, -0.1) is 0 Å². The molecular formula is C16H22N2O4S. The van der Waals surface area contributed by atoms with Gasteiger partial charge in [0.05, 0.1) is 17.3 Å². The van der Waals surface area contributed by atoms with Crippen molar-refractivity contribution in [2.75, 3.05) is 38.5 Å². The average Bonchev–Trinajstić information content (AvgIpc) is 3.11. The molecule has 2 fully saturated rings. The van der Waals surface area contributed by atoms with Crippen LogP contribution < -0.4 is 5.32 Å². The molecule has 0 aromatic heterocycles. The number of fused-ring (bicyclic) bond motifs is 1. The van der Waals surface area contributed by atoms with Crippen molar-refractivity contribution in [1.82, 2.24) is 10.2 Å². The van der Waals surface area contributed by atoms with Crippen molar-refractivity contribution in [3.05, 3.63) is 30.3 Å². The van der Waals surface area contributed by atoms with Crippen molar-refractivity contribution in [3.63, 3.8) is 0 Å². The minimum absolute atomic E-state index is 0.0150. The highest BCUT2D eigenvalue weighted by Gasteiger charge is 2.50. The van der Waals surface area contributed by atoms with E-state index >= 15 is 0 Å². The van der Waals surface area contributed by atoms with Crippen molar-refractivity contribution in [3.8, 4) is 0 Å². The molecule has 23 heavy (non-hydrogen) atoms. The number of nitrogens with zero attached hydrogens (tertiary/aromatic N) is 1. The zero-order valence-corrected chi connectivity index (χ0v) is 13.8. The van der Waals surface area contributed by atoms with Crippen molar-refractivity contribution in [2.45, 2.75) is 11.3 Å². The largest absolute Gasteiger partial charge is 0.396 e. The molecule has 7 heteroatoms. The minimum atomic E-state index is -3.43. The van der Waals surface area contributed by atoms with E-state index in [0.29, 0.717) is 19.6 Å². The number of benzene rings is 1. The molecule has 2 atom stereocenters. The molecule has 6 nitrogen and oxygen atoms in total. The Kier molecular flexibility index (Phi) is 4.44. The summed E-state index contributed by atoms with van der Waals surface area (Å²) in [7, 11) is -3.43. The van der Waals surface area contributed by atoms with E-state index in [1.54, 1.807) is 35.2 Å². The highest BCUT2D eigenvalue weighted by molar-refractivity contribution is 7.91. The standard InChI is InChI=1S/C16H22N2O4S/c19-12-16-10-17-8-13(16)9-18(11-16)15(20)6-7-23(21,22)14-4-2-1-3-5-14/h1-5,13,17,19H,6-12H2. The molecule has 3 rings (SSSR count). The molecule has 2 unspecified atom stereocenters. The van der Waals surface area contributed by atoms with Gasteiger partial charge < -0.3 is 15.3 Å². The van der Waals surface area contributed by atoms with Crippen molar-refractivity contribution >= 4 is 15.7 Å². The van der Waals surface area contributed by atoms with Crippen LogP contribution in [0.5, 0.6) is 0 Å². The highest BCUT2D eigenvalue weighted by atomic mass is 32.2. The van der Waals surface area contributed by atoms with E-state index < -0.39 is 9.84 Å². The molecule has 2 heterocycles. The normalized spacial score (nSPS) is 27.2. The summed E-state index contributed by atoms with van der Waals surface area (Å²) in [6.45, 7) is 2.66. The quantitative estimate of drug-likeness (QED) is 0.782. The molecule has 1 aromatic rings. The summed E-state index contributed by atoms with van der Waals surface area (Å²) in [5.41, 5.74) is -0.256. The highest BCUT2D eigenvalue weighted by Crippen LogP contribution is 2.38. The average molecular weight is 338 g/mol. The fourth-order valence-corrected chi connectivity index (χ4v) is 4.81. The van der Waals surface area contributed by atoms with Gasteiger partial charge in [-0.05, 0) is 18.1 Å². The van der Waals surface area contributed by atoms with E-state index in [1.807, 2.05) is 0 Å². The number of carbonyl (C=O) groups is 1. The maximum atomic E-state index is 12.4. The smallest absolute Gasteiger partial charge is 0.223 e. The molecule has 1 aromatic carbocycles. The van der Waals surface area contributed by atoms with Gasteiger partial charge in [0.1, 0.15) is 0 Å². The van der Waals surface area contributed by atoms with Crippen LogP contribution in [0, 0.1) is 11.3 Å². The van der Waals surface area contributed by atoms with Crippen molar-refractivity contribution < 1.29 is 18.3 Å². The third-order valence-electron chi connectivity index (χ3n) is 5.03. The Morgan fingerprint density at radius 3 is 2.74 bits per heavy atom. The molecule has 0 saturated carbocycles. The second kappa shape index (κ2) is 6.22. The Labute approximate surface area is 136 Å². The first-order chi connectivity index (χ1) is 11.0. The molecular weight excluding hydrogens is 316 g/mol. The summed E-state index contributed by atoms with van der Waals surface area (Å²) < 4.78 is 24.5. The predicted molar refractivity (Wildman–Crippen MR) is 85.6 cm³/mol. The van der Waals surface area contributed by atoms with Gasteiger partial charge in [0.15, 0.2) is 9.84 Å². The number of nitrogens with one attached hydrogen (secondary N) is 1. The number of aliphatic hydroxyl groups excluding tert-OH is 1. The molecule has 0 bridgehead atoms. The zero-order chi connectivity index (χ0) is 16.5. The number of amides is 1. The summed E-state index contributed by atoms with van der Waals surface area (Å²) in [4.78, 5) is 14.3. The Morgan fingerprint density at radius 1 is 1.35 bits per heavy atom. The summed E-state index contributed by atoms with van der Waals surface area (Å²) in [6.07, 6.45) is -0.0150. The summed E-state index contributed by atoms with van der Waals surface area (Å²) in [5, 5.41) is 12.9. The molecule has 2 N–H and O–H groups in total. The maximum Gasteiger partial charge on any atom is 0.223 e. The van der Waals surface area contributed by atoms with Crippen LogP contribution >= 0.6 is 0 Å².